The first-order chi connectivity index (χ1) is 6.47. The molecule has 0 bridgehead atoms. The van der Waals surface area contributed by atoms with E-state index in [4.69, 9.17) is 0 Å². The van der Waals surface area contributed by atoms with Crippen molar-refractivity contribution in [2.45, 2.75) is 0 Å². The molecule has 1 heterocycles. The molecule has 0 aromatic carbocycles. The number of aryl methyl sites for hydroxylation is 1. The van der Waals surface area contributed by atoms with Crippen molar-refractivity contribution in [3.63, 3.8) is 0 Å². The second kappa shape index (κ2) is 8.52. The van der Waals surface area contributed by atoms with E-state index >= 15 is 0 Å². The zero-order valence-corrected chi connectivity index (χ0v) is 11.1. The molecule has 0 radical (unpaired) electrons. The lowest BCUT2D eigenvalue weighted by Gasteiger charge is -2.03. The smallest absolute Gasteiger partial charge is 0.267 e. The van der Waals surface area contributed by atoms with Crippen LogP contribution in [0.5, 0.6) is 0 Å². The van der Waals surface area contributed by atoms with Crippen molar-refractivity contribution in [1.82, 2.24) is 9.74 Å². The summed E-state index contributed by atoms with van der Waals surface area (Å²) in [6, 6.07) is 0. The third kappa shape index (κ3) is 8.23. The van der Waals surface area contributed by atoms with E-state index in [-0.39, 0.29) is 12.4 Å². The minimum Gasteiger partial charge on any atom is -1.00 e. The van der Waals surface area contributed by atoms with E-state index in [0.29, 0.717) is 0 Å². The number of rotatable bonds is 2. The highest BCUT2D eigenvalue weighted by Crippen LogP contribution is 1.79. The highest BCUT2D eigenvalue weighted by Gasteiger charge is 1.98. The lowest BCUT2D eigenvalue weighted by Crippen LogP contribution is -3.00. The maximum absolute atomic E-state index is 4.58. The van der Waals surface area contributed by atoms with E-state index in [0.717, 1.165) is 0 Å². The van der Waals surface area contributed by atoms with Crippen molar-refractivity contribution >= 4 is 0 Å². The molecular formula is C9H21ClN4O. The van der Waals surface area contributed by atoms with Crippen LogP contribution in [-0.2, 0) is 11.9 Å². The lowest BCUT2D eigenvalue weighted by molar-refractivity contribution is -0.671. The van der Waals surface area contributed by atoms with Gasteiger partial charge in [0.15, 0.2) is 6.20 Å². The highest BCUT2D eigenvalue weighted by atomic mass is 35.5. The SMILES string of the molecule is CN(C)n1cc[n+](C)c1.CON(C)C.[Cl-]. The Kier molecular flexibility index (Phi) is 9.46. The Hall–Kier alpha value is -0.780. The molecule has 0 saturated carbocycles. The molecular weight excluding hydrogens is 216 g/mol. The second-order valence-corrected chi connectivity index (χ2v) is 3.30. The molecule has 1 aromatic rings. The monoisotopic (exact) mass is 236 g/mol. The van der Waals surface area contributed by atoms with Gasteiger partial charge in [-0.1, -0.05) is 0 Å². The molecule has 1 aromatic heterocycles. The van der Waals surface area contributed by atoms with Gasteiger partial charge in [-0.15, -0.1) is 4.68 Å². The molecule has 0 spiro atoms. The normalized spacial score (nSPS) is 9.00. The fourth-order valence-corrected chi connectivity index (χ4v) is 0.674. The maximum Gasteiger partial charge on any atom is 0.267 e. The Balaban J connectivity index is 0. The van der Waals surface area contributed by atoms with E-state index in [1.807, 2.05) is 68.2 Å². The largest absolute Gasteiger partial charge is 1.00 e. The predicted molar refractivity (Wildman–Crippen MR) is 56.4 cm³/mol. The number of halogens is 1. The summed E-state index contributed by atoms with van der Waals surface area (Å²) in [5.41, 5.74) is 0. The van der Waals surface area contributed by atoms with Crippen LogP contribution in [0.4, 0.5) is 0 Å². The summed E-state index contributed by atoms with van der Waals surface area (Å²) in [4.78, 5) is 4.58. The third-order valence-electron chi connectivity index (χ3n) is 1.58. The Bertz CT molecular complexity index is 250. The van der Waals surface area contributed by atoms with Crippen molar-refractivity contribution in [2.24, 2.45) is 7.05 Å². The topological polar surface area (TPSA) is 24.5 Å². The van der Waals surface area contributed by atoms with Crippen molar-refractivity contribution in [3.8, 4) is 0 Å². The second-order valence-electron chi connectivity index (χ2n) is 3.30. The molecule has 0 saturated heterocycles. The summed E-state index contributed by atoms with van der Waals surface area (Å²) in [6.07, 6.45) is 6.00. The quantitative estimate of drug-likeness (QED) is 0.396. The first-order valence-corrected chi connectivity index (χ1v) is 4.39. The minimum absolute atomic E-state index is 0. The van der Waals surface area contributed by atoms with Crippen LogP contribution in [0.25, 0.3) is 0 Å². The highest BCUT2D eigenvalue weighted by molar-refractivity contribution is 4.75. The standard InChI is InChI=1S/C6H12N3.C3H9NO.ClH/c1-7(2)9-5-4-8(3)6-9;1-4(2)5-3;/h4-6H,1-3H3;1-3H3;1H/q+1;;/p-1. The predicted octanol–water partition coefficient (Wildman–Crippen LogP) is -3.38. The minimum atomic E-state index is 0. The first-order valence-electron chi connectivity index (χ1n) is 4.39. The van der Waals surface area contributed by atoms with Gasteiger partial charge in [0.2, 0.25) is 0 Å². The third-order valence-corrected chi connectivity index (χ3v) is 1.58. The maximum atomic E-state index is 4.58. The van der Waals surface area contributed by atoms with Crippen LogP contribution in [0.3, 0.4) is 0 Å². The molecule has 0 unspecified atom stereocenters. The zero-order chi connectivity index (χ0) is 11.1. The van der Waals surface area contributed by atoms with E-state index in [9.17, 15) is 0 Å². The Morgan fingerprint density at radius 3 is 1.80 bits per heavy atom. The van der Waals surface area contributed by atoms with E-state index < -0.39 is 0 Å². The van der Waals surface area contributed by atoms with Crippen LogP contribution >= 0.6 is 0 Å². The Labute approximate surface area is 98.2 Å². The van der Waals surface area contributed by atoms with Crippen LogP contribution in [0.2, 0.25) is 0 Å². The molecule has 0 atom stereocenters. The molecule has 5 nitrogen and oxygen atoms in total. The summed E-state index contributed by atoms with van der Waals surface area (Å²) in [6.45, 7) is 0. The summed E-state index contributed by atoms with van der Waals surface area (Å²) < 4.78 is 4.00. The number of aromatic nitrogens is 2. The number of imidazole rings is 1. The van der Waals surface area contributed by atoms with Crippen molar-refractivity contribution < 1.29 is 21.8 Å². The molecule has 0 aliphatic rings. The molecule has 6 heteroatoms. The van der Waals surface area contributed by atoms with Crippen LogP contribution in [0.1, 0.15) is 0 Å². The van der Waals surface area contributed by atoms with Crippen LogP contribution in [0.15, 0.2) is 18.7 Å². The number of hydrogen-bond donors (Lipinski definition) is 0. The average Bonchev–Trinajstić information content (AvgIpc) is 2.53. The molecule has 0 aliphatic heterocycles. The molecule has 1 rings (SSSR count). The molecule has 0 N–H and O–H groups in total. The number of nitrogens with zero attached hydrogens (tertiary/aromatic N) is 4. The summed E-state index contributed by atoms with van der Waals surface area (Å²) in [5, 5.41) is 3.62. The molecule has 0 fully saturated rings. The van der Waals surface area contributed by atoms with Crippen LogP contribution in [-0.4, -0.2) is 45.0 Å². The van der Waals surface area contributed by atoms with Crippen molar-refractivity contribution in [1.29, 1.82) is 0 Å². The molecule has 90 valence electrons. The van der Waals surface area contributed by atoms with E-state index in [1.165, 1.54) is 0 Å². The first kappa shape index (κ1) is 16.6. The van der Waals surface area contributed by atoms with Crippen molar-refractivity contribution in [3.05, 3.63) is 18.7 Å². The number of hydroxylamine groups is 2. The van der Waals surface area contributed by atoms with Gasteiger partial charge in [0.1, 0.15) is 6.20 Å². The fourth-order valence-electron chi connectivity index (χ4n) is 0.674. The van der Waals surface area contributed by atoms with Gasteiger partial charge in [0.05, 0.1) is 14.2 Å². The lowest BCUT2D eigenvalue weighted by atomic mass is 10.9. The van der Waals surface area contributed by atoms with Gasteiger partial charge in [-0.2, -0.15) is 5.06 Å². The molecule has 0 amide bonds. The van der Waals surface area contributed by atoms with Gasteiger partial charge in [-0.05, 0) is 0 Å². The Morgan fingerprint density at radius 1 is 1.20 bits per heavy atom. The summed E-state index contributed by atoms with van der Waals surface area (Å²) in [5.74, 6) is 0. The van der Waals surface area contributed by atoms with Gasteiger partial charge in [-0.3, -0.25) is 0 Å². The number of hydrogen-bond acceptors (Lipinski definition) is 3. The van der Waals surface area contributed by atoms with Gasteiger partial charge in [0, 0.05) is 28.2 Å². The van der Waals surface area contributed by atoms with Crippen molar-refractivity contribution in [2.75, 3.05) is 40.3 Å². The summed E-state index contributed by atoms with van der Waals surface area (Å²) in [7, 11) is 11.3. The van der Waals surface area contributed by atoms with Gasteiger partial charge in [0.25, 0.3) is 6.33 Å². The van der Waals surface area contributed by atoms with E-state index in [2.05, 4.69) is 4.84 Å². The van der Waals surface area contributed by atoms with E-state index in [1.54, 1.807) is 12.2 Å². The molecule has 15 heavy (non-hydrogen) atoms. The summed E-state index contributed by atoms with van der Waals surface area (Å²) >= 11 is 0. The molecule has 0 aliphatic carbocycles. The average molecular weight is 237 g/mol. The van der Waals surface area contributed by atoms with Crippen LogP contribution in [0, 0.1) is 0 Å². The van der Waals surface area contributed by atoms with Gasteiger partial charge >= 0.3 is 0 Å². The van der Waals surface area contributed by atoms with Crippen LogP contribution < -0.4 is 22.0 Å². The van der Waals surface area contributed by atoms with Gasteiger partial charge in [-0.25, -0.2) is 9.58 Å². The fraction of sp³-hybridized carbons (Fsp3) is 0.667. The van der Waals surface area contributed by atoms with Gasteiger partial charge < -0.3 is 17.2 Å². The zero-order valence-electron chi connectivity index (χ0n) is 10.3. The Morgan fingerprint density at radius 2 is 1.67 bits per heavy atom.